The van der Waals surface area contributed by atoms with Crippen molar-refractivity contribution in [2.75, 3.05) is 0 Å². The Morgan fingerprint density at radius 2 is 0.629 bits per heavy atom. The average molecular weight is 501 g/mol. The van der Waals surface area contributed by atoms with Crippen LogP contribution in [0.25, 0.3) is 0 Å². The van der Waals surface area contributed by atoms with Crippen molar-refractivity contribution < 1.29 is 38.1 Å². The Bertz CT molecular complexity index is 608. The summed E-state index contributed by atoms with van der Waals surface area (Å²) >= 11 is 0. The molecule has 0 bridgehead atoms. The smallest absolute Gasteiger partial charge is 0.320 e. The second-order valence-electron chi connectivity index (χ2n) is 12.9. The van der Waals surface area contributed by atoms with Crippen LogP contribution in [0.3, 0.4) is 0 Å². The van der Waals surface area contributed by atoms with Gasteiger partial charge in [0, 0.05) is 0 Å². The largest absolute Gasteiger partial charge is 0.459 e. The second kappa shape index (κ2) is 12.7. The van der Waals surface area contributed by atoms with Gasteiger partial charge >= 0.3 is 23.9 Å². The molecule has 0 saturated heterocycles. The summed E-state index contributed by atoms with van der Waals surface area (Å²) in [6, 6.07) is 0. The third-order valence-corrected chi connectivity index (χ3v) is 4.25. The number of carbonyl (C=O) groups is 4. The van der Waals surface area contributed by atoms with Crippen molar-refractivity contribution in [2.45, 2.75) is 138 Å². The number of carbonyl (C=O) groups excluding carboxylic acids is 4. The van der Waals surface area contributed by atoms with E-state index in [1.165, 1.54) is 0 Å². The molecule has 0 radical (unpaired) electrons. The van der Waals surface area contributed by atoms with Gasteiger partial charge in [0.2, 0.25) is 0 Å². The van der Waals surface area contributed by atoms with Crippen molar-refractivity contribution in [2.24, 2.45) is 11.8 Å². The highest BCUT2D eigenvalue weighted by Gasteiger charge is 2.36. The first-order valence-electron chi connectivity index (χ1n) is 12.4. The van der Waals surface area contributed by atoms with E-state index in [-0.39, 0.29) is 12.8 Å². The summed E-state index contributed by atoms with van der Waals surface area (Å²) in [6.07, 6.45) is 2.10. The SMILES string of the molecule is CC(C)(C)OC(=O)C(CCCCCC(C(=O)OC(C)(C)C)C(=O)OC(C)(C)C)C(=O)OC(C)(C)C. The molecular weight excluding hydrogens is 452 g/mol. The summed E-state index contributed by atoms with van der Waals surface area (Å²) in [5, 5.41) is 0. The van der Waals surface area contributed by atoms with Crippen molar-refractivity contribution in [3.8, 4) is 0 Å². The lowest BCUT2D eigenvalue weighted by Crippen LogP contribution is -2.37. The second-order valence-corrected chi connectivity index (χ2v) is 12.9. The maximum atomic E-state index is 12.7. The fourth-order valence-electron chi connectivity index (χ4n) is 3.03. The van der Waals surface area contributed by atoms with Gasteiger partial charge < -0.3 is 18.9 Å². The Balaban J connectivity index is 5.19. The standard InChI is InChI=1S/C27H48O8/c1-24(2,3)32-20(28)18(21(29)33-25(4,5)6)16-14-13-15-17-19(22(30)34-26(7,8)9)23(31)35-27(10,11)12/h18-19H,13-17H2,1-12H3. The Morgan fingerprint density at radius 3 is 0.800 bits per heavy atom. The molecule has 0 spiro atoms. The highest BCUT2D eigenvalue weighted by Crippen LogP contribution is 2.24. The van der Waals surface area contributed by atoms with Crippen LogP contribution in [-0.2, 0) is 38.1 Å². The minimum absolute atomic E-state index is 0.243. The van der Waals surface area contributed by atoms with Crippen molar-refractivity contribution in [3.05, 3.63) is 0 Å². The normalized spacial score (nSPS) is 13.0. The molecule has 0 amide bonds. The zero-order valence-corrected chi connectivity index (χ0v) is 24.0. The van der Waals surface area contributed by atoms with Gasteiger partial charge in [-0.05, 0) is 95.9 Å². The Labute approximate surface area is 211 Å². The molecule has 0 aromatic rings. The molecule has 0 aromatic carbocycles. The topological polar surface area (TPSA) is 105 Å². The number of unbranched alkanes of at least 4 members (excludes halogenated alkanes) is 2. The summed E-state index contributed by atoms with van der Waals surface area (Å²) in [5.41, 5.74) is -2.92. The van der Waals surface area contributed by atoms with Gasteiger partial charge in [0.25, 0.3) is 0 Å². The Kier molecular flexibility index (Phi) is 12.0. The first-order valence-corrected chi connectivity index (χ1v) is 12.4. The lowest BCUT2D eigenvalue weighted by atomic mass is 9.96. The number of hydrogen-bond acceptors (Lipinski definition) is 8. The van der Waals surface area contributed by atoms with E-state index in [4.69, 9.17) is 18.9 Å². The maximum Gasteiger partial charge on any atom is 0.320 e. The number of ether oxygens (including phenoxy) is 4. The van der Waals surface area contributed by atoms with Crippen LogP contribution >= 0.6 is 0 Å². The van der Waals surface area contributed by atoms with Crippen LogP contribution in [0, 0.1) is 11.8 Å². The monoisotopic (exact) mass is 500 g/mol. The lowest BCUT2D eigenvalue weighted by Gasteiger charge is -2.26. The average Bonchev–Trinajstić information content (AvgIpc) is 2.54. The molecular formula is C27H48O8. The quantitative estimate of drug-likeness (QED) is 0.167. The van der Waals surface area contributed by atoms with E-state index in [1.54, 1.807) is 83.1 Å². The number of rotatable bonds is 10. The van der Waals surface area contributed by atoms with Gasteiger partial charge in [-0.1, -0.05) is 19.3 Å². The van der Waals surface area contributed by atoms with Crippen LogP contribution in [0.15, 0.2) is 0 Å². The molecule has 0 saturated carbocycles. The van der Waals surface area contributed by atoms with E-state index >= 15 is 0 Å². The third kappa shape index (κ3) is 16.2. The molecule has 0 aromatic heterocycles. The van der Waals surface area contributed by atoms with Crippen LogP contribution in [0.1, 0.15) is 115 Å². The van der Waals surface area contributed by atoms with Gasteiger partial charge in [0.05, 0.1) is 0 Å². The first-order chi connectivity index (χ1) is 15.5. The van der Waals surface area contributed by atoms with E-state index in [9.17, 15) is 19.2 Å². The van der Waals surface area contributed by atoms with Crippen molar-refractivity contribution >= 4 is 23.9 Å². The molecule has 0 aliphatic heterocycles. The fourth-order valence-corrected chi connectivity index (χ4v) is 3.03. The lowest BCUT2D eigenvalue weighted by molar-refractivity contribution is -0.176. The van der Waals surface area contributed by atoms with Crippen molar-refractivity contribution in [3.63, 3.8) is 0 Å². The zero-order chi connectivity index (χ0) is 27.8. The van der Waals surface area contributed by atoms with E-state index in [2.05, 4.69) is 0 Å². The molecule has 0 rings (SSSR count). The van der Waals surface area contributed by atoms with Crippen LogP contribution < -0.4 is 0 Å². The van der Waals surface area contributed by atoms with E-state index in [1.807, 2.05) is 0 Å². The highest BCUT2D eigenvalue weighted by atomic mass is 16.6. The zero-order valence-electron chi connectivity index (χ0n) is 24.0. The molecule has 8 nitrogen and oxygen atoms in total. The maximum absolute atomic E-state index is 12.7. The molecule has 0 N–H and O–H groups in total. The summed E-state index contributed by atoms with van der Waals surface area (Å²) in [4.78, 5) is 50.6. The molecule has 0 fully saturated rings. The van der Waals surface area contributed by atoms with E-state index in [0.717, 1.165) is 0 Å². The summed E-state index contributed by atoms with van der Waals surface area (Å²) in [5.74, 6) is -4.56. The molecule has 0 aliphatic rings. The van der Waals surface area contributed by atoms with Crippen LogP contribution in [0.5, 0.6) is 0 Å². The van der Waals surface area contributed by atoms with Crippen LogP contribution in [0.2, 0.25) is 0 Å². The Morgan fingerprint density at radius 1 is 0.429 bits per heavy atom. The predicted molar refractivity (Wildman–Crippen MR) is 133 cm³/mol. The summed E-state index contributed by atoms with van der Waals surface area (Å²) in [6.45, 7) is 20.9. The number of esters is 4. The summed E-state index contributed by atoms with van der Waals surface area (Å²) < 4.78 is 21.7. The van der Waals surface area contributed by atoms with Crippen molar-refractivity contribution in [1.29, 1.82) is 0 Å². The van der Waals surface area contributed by atoms with Gasteiger partial charge in [0.15, 0.2) is 11.8 Å². The van der Waals surface area contributed by atoms with Gasteiger partial charge in [-0.2, -0.15) is 0 Å². The molecule has 0 atom stereocenters. The molecule has 35 heavy (non-hydrogen) atoms. The molecule has 0 heterocycles. The molecule has 8 heteroatoms. The minimum atomic E-state index is -1.04. The molecule has 0 aliphatic carbocycles. The van der Waals surface area contributed by atoms with Gasteiger partial charge in [-0.3, -0.25) is 19.2 Å². The van der Waals surface area contributed by atoms with Crippen LogP contribution in [0.4, 0.5) is 0 Å². The van der Waals surface area contributed by atoms with Gasteiger partial charge in [-0.15, -0.1) is 0 Å². The number of hydrogen-bond donors (Lipinski definition) is 0. The summed E-state index contributed by atoms with van der Waals surface area (Å²) in [7, 11) is 0. The highest BCUT2D eigenvalue weighted by molar-refractivity contribution is 5.95. The van der Waals surface area contributed by atoms with Gasteiger partial charge in [0.1, 0.15) is 22.4 Å². The van der Waals surface area contributed by atoms with E-state index < -0.39 is 58.1 Å². The molecule has 0 unspecified atom stereocenters. The third-order valence-electron chi connectivity index (χ3n) is 4.25. The van der Waals surface area contributed by atoms with Crippen LogP contribution in [-0.4, -0.2) is 46.3 Å². The van der Waals surface area contributed by atoms with Crippen molar-refractivity contribution in [1.82, 2.24) is 0 Å². The minimum Gasteiger partial charge on any atom is -0.459 e. The Hall–Kier alpha value is -2.12. The predicted octanol–water partition coefficient (Wildman–Crippen LogP) is 5.54. The first kappa shape index (κ1) is 32.9. The fraction of sp³-hybridized carbons (Fsp3) is 0.852. The van der Waals surface area contributed by atoms with E-state index in [0.29, 0.717) is 19.3 Å². The van der Waals surface area contributed by atoms with Gasteiger partial charge in [-0.25, -0.2) is 0 Å². The molecule has 204 valence electrons.